The summed E-state index contributed by atoms with van der Waals surface area (Å²) in [5.74, 6) is 6.70. The number of rotatable bonds is 2. The van der Waals surface area contributed by atoms with Gasteiger partial charge in [0.15, 0.2) is 0 Å². The molecule has 0 radical (unpaired) electrons. The van der Waals surface area contributed by atoms with Crippen LogP contribution in [-0.2, 0) is 4.79 Å². The van der Waals surface area contributed by atoms with Crippen LogP contribution in [0.1, 0.15) is 31.2 Å². The van der Waals surface area contributed by atoms with Gasteiger partial charge >= 0.3 is 0 Å². The minimum absolute atomic E-state index is 0.00596. The number of benzene rings is 1. The van der Waals surface area contributed by atoms with Crippen molar-refractivity contribution in [1.29, 1.82) is 0 Å². The van der Waals surface area contributed by atoms with E-state index in [-0.39, 0.29) is 17.9 Å². The van der Waals surface area contributed by atoms with Crippen LogP contribution >= 0.6 is 11.6 Å². The average Bonchev–Trinajstić information content (AvgIpc) is 2.83. The second-order valence-corrected chi connectivity index (χ2v) is 6.92. The van der Waals surface area contributed by atoms with E-state index in [1.54, 1.807) is 4.90 Å². The number of nitrogens with zero attached hydrogens (tertiary/aromatic N) is 2. The van der Waals surface area contributed by atoms with Crippen LogP contribution in [0.4, 0.5) is 0 Å². The van der Waals surface area contributed by atoms with Crippen molar-refractivity contribution in [2.75, 3.05) is 26.7 Å². The second kappa shape index (κ2) is 7.38. The van der Waals surface area contributed by atoms with Gasteiger partial charge in [-0.15, -0.1) is 0 Å². The molecule has 3 nitrogen and oxygen atoms in total. The summed E-state index contributed by atoms with van der Waals surface area (Å²) in [6, 6.07) is 7.57. The molecule has 0 spiro atoms. The summed E-state index contributed by atoms with van der Waals surface area (Å²) < 4.78 is 0. The molecular weight excluding hydrogens is 308 g/mol. The van der Waals surface area contributed by atoms with Gasteiger partial charge in [0.2, 0.25) is 5.91 Å². The smallest absolute Gasteiger partial charge is 0.227 e. The molecule has 0 bridgehead atoms. The van der Waals surface area contributed by atoms with Crippen LogP contribution < -0.4 is 0 Å². The Kier molecular flexibility index (Phi) is 5.25. The normalized spacial score (nSPS) is 25.3. The minimum atomic E-state index is -0.00596. The molecule has 2 aliphatic rings. The van der Waals surface area contributed by atoms with Crippen molar-refractivity contribution in [2.24, 2.45) is 5.92 Å². The van der Waals surface area contributed by atoms with Crippen LogP contribution in [0, 0.1) is 17.8 Å². The van der Waals surface area contributed by atoms with E-state index in [9.17, 15) is 4.79 Å². The van der Waals surface area contributed by atoms with E-state index in [1.165, 1.54) is 19.3 Å². The van der Waals surface area contributed by atoms with Gasteiger partial charge in [-0.3, -0.25) is 4.79 Å². The fraction of sp³-hybridized carbons (Fsp3) is 0.526. The van der Waals surface area contributed by atoms with E-state index in [4.69, 9.17) is 11.6 Å². The Bertz CT molecular complexity index is 628. The SMILES string of the molecule is CN1C(=O)[C@@H](CN2CCCCC2)C[C@H]1C#Cc1ccccc1Cl. The van der Waals surface area contributed by atoms with Crippen molar-refractivity contribution < 1.29 is 4.79 Å². The summed E-state index contributed by atoms with van der Waals surface area (Å²) in [4.78, 5) is 16.7. The Balaban J connectivity index is 1.65. The van der Waals surface area contributed by atoms with E-state index in [2.05, 4.69) is 16.7 Å². The van der Waals surface area contributed by atoms with Crippen LogP contribution in [0.5, 0.6) is 0 Å². The zero-order valence-corrected chi connectivity index (χ0v) is 14.4. The van der Waals surface area contributed by atoms with Gasteiger partial charge in [0.25, 0.3) is 0 Å². The van der Waals surface area contributed by atoms with Crippen molar-refractivity contribution in [3.63, 3.8) is 0 Å². The zero-order chi connectivity index (χ0) is 16.2. The lowest BCUT2D eigenvalue weighted by molar-refractivity contribution is -0.130. The Labute approximate surface area is 143 Å². The Morgan fingerprint density at radius 3 is 2.70 bits per heavy atom. The summed E-state index contributed by atoms with van der Waals surface area (Å²) in [5, 5.41) is 0.664. The van der Waals surface area contributed by atoms with Gasteiger partial charge in [-0.1, -0.05) is 42.0 Å². The van der Waals surface area contributed by atoms with Crippen LogP contribution in [0.2, 0.25) is 5.02 Å². The van der Waals surface area contributed by atoms with Gasteiger partial charge in [-0.05, 0) is 44.5 Å². The summed E-state index contributed by atoms with van der Waals surface area (Å²) in [6.07, 6.45) is 4.66. The van der Waals surface area contributed by atoms with E-state index in [0.29, 0.717) is 5.02 Å². The fourth-order valence-electron chi connectivity index (χ4n) is 3.46. The van der Waals surface area contributed by atoms with Crippen molar-refractivity contribution in [3.05, 3.63) is 34.9 Å². The highest BCUT2D eigenvalue weighted by atomic mass is 35.5. The van der Waals surface area contributed by atoms with E-state index >= 15 is 0 Å². The largest absolute Gasteiger partial charge is 0.332 e. The van der Waals surface area contributed by atoms with Crippen LogP contribution in [0.3, 0.4) is 0 Å². The number of carbonyl (C=O) groups excluding carboxylic acids is 1. The van der Waals surface area contributed by atoms with Crippen LogP contribution in [0.25, 0.3) is 0 Å². The van der Waals surface area contributed by atoms with Gasteiger partial charge in [0.05, 0.1) is 17.0 Å². The number of hydrogen-bond acceptors (Lipinski definition) is 2. The van der Waals surface area contributed by atoms with Crippen LogP contribution in [0.15, 0.2) is 24.3 Å². The number of halogens is 1. The van der Waals surface area contributed by atoms with Gasteiger partial charge in [-0.25, -0.2) is 0 Å². The van der Waals surface area contributed by atoms with E-state index < -0.39 is 0 Å². The Morgan fingerprint density at radius 2 is 1.96 bits per heavy atom. The molecule has 0 N–H and O–H groups in total. The van der Waals surface area contributed by atoms with Gasteiger partial charge in [0, 0.05) is 19.2 Å². The maximum absolute atomic E-state index is 12.5. The molecule has 2 atom stereocenters. The van der Waals surface area contributed by atoms with Crippen molar-refractivity contribution in [3.8, 4) is 11.8 Å². The number of likely N-dealkylation sites (tertiary alicyclic amines) is 2. The summed E-state index contributed by atoms with van der Waals surface area (Å²) in [5.41, 5.74) is 0.828. The Morgan fingerprint density at radius 1 is 1.22 bits per heavy atom. The second-order valence-electron chi connectivity index (χ2n) is 6.51. The summed E-state index contributed by atoms with van der Waals surface area (Å²) >= 11 is 6.14. The Hall–Kier alpha value is -1.50. The summed E-state index contributed by atoms with van der Waals surface area (Å²) in [6.45, 7) is 3.14. The highest BCUT2D eigenvalue weighted by molar-refractivity contribution is 6.31. The van der Waals surface area contributed by atoms with Gasteiger partial charge in [-0.2, -0.15) is 0 Å². The molecule has 2 heterocycles. The predicted octanol–water partition coefficient (Wildman–Crippen LogP) is 3.02. The first-order valence-electron chi connectivity index (χ1n) is 8.40. The molecule has 23 heavy (non-hydrogen) atoms. The molecule has 0 unspecified atom stereocenters. The molecule has 0 aliphatic carbocycles. The third-order valence-corrected chi connectivity index (χ3v) is 5.18. The molecule has 1 aromatic carbocycles. The van der Waals surface area contributed by atoms with Gasteiger partial charge < -0.3 is 9.80 Å². The number of piperidine rings is 1. The van der Waals surface area contributed by atoms with E-state index in [1.807, 2.05) is 31.3 Å². The first-order valence-corrected chi connectivity index (χ1v) is 8.78. The van der Waals surface area contributed by atoms with E-state index in [0.717, 1.165) is 31.6 Å². The highest BCUT2D eigenvalue weighted by Gasteiger charge is 2.37. The molecule has 4 heteroatoms. The molecule has 2 saturated heterocycles. The third kappa shape index (κ3) is 3.88. The molecule has 0 aromatic heterocycles. The molecule has 2 fully saturated rings. The molecule has 3 rings (SSSR count). The lowest BCUT2D eigenvalue weighted by atomic mass is 10.0. The monoisotopic (exact) mass is 330 g/mol. The van der Waals surface area contributed by atoms with Crippen molar-refractivity contribution >= 4 is 17.5 Å². The van der Waals surface area contributed by atoms with Crippen LogP contribution in [-0.4, -0.2) is 48.4 Å². The number of carbonyl (C=O) groups is 1. The maximum Gasteiger partial charge on any atom is 0.227 e. The predicted molar refractivity (Wildman–Crippen MR) is 93.3 cm³/mol. The van der Waals surface area contributed by atoms with Gasteiger partial charge in [0.1, 0.15) is 0 Å². The quantitative estimate of drug-likeness (QED) is 0.778. The third-order valence-electron chi connectivity index (χ3n) is 4.85. The standard InChI is InChI=1S/C19H23ClN2O/c1-21-17(10-9-15-7-3-4-8-18(15)20)13-16(19(21)23)14-22-11-5-2-6-12-22/h3-4,7-8,16-17H,2,5-6,11-14H2,1H3/t16-,17-/m1/s1. The first kappa shape index (κ1) is 16.4. The molecule has 0 saturated carbocycles. The highest BCUT2D eigenvalue weighted by Crippen LogP contribution is 2.25. The summed E-state index contributed by atoms with van der Waals surface area (Å²) in [7, 11) is 1.87. The number of hydrogen-bond donors (Lipinski definition) is 0. The lowest BCUT2D eigenvalue weighted by Crippen LogP contribution is -2.37. The molecule has 1 aromatic rings. The molecule has 122 valence electrons. The topological polar surface area (TPSA) is 23.6 Å². The van der Waals surface area contributed by atoms with Crippen molar-refractivity contribution in [1.82, 2.24) is 9.80 Å². The maximum atomic E-state index is 12.5. The lowest BCUT2D eigenvalue weighted by Gasteiger charge is -2.28. The molecule has 1 amide bonds. The molecular formula is C19H23ClN2O. The zero-order valence-electron chi connectivity index (χ0n) is 13.6. The average molecular weight is 331 g/mol. The first-order chi connectivity index (χ1) is 11.1. The number of amides is 1. The fourth-order valence-corrected chi connectivity index (χ4v) is 3.64. The molecule has 2 aliphatic heterocycles. The van der Waals surface area contributed by atoms with Crippen molar-refractivity contribution in [2.45, 2.75) is 31.7 Å². The minimum Gasteiger partial charge on any atom is -0.332 e.